The van der Waals surface area contributed by atoms with Gasteiger partial charge in [0.05, 0.1) is 12.1 Å². The van der Waals surface area contributed by atoms with Gasteiger partial charge in [-0.05, 0) is 36.2 Å². The van der Waals surface area contributed by atoms with Gasteiger partial charge in [-0.3, -0.25) is 0 Å². The maximum absolute atomic E-state index is 6.00. The largest absolute Gasteiger partial charge is 0.377 e. The first-order chi connectivity index (χ1) is 11.3. The molecule has 0 saturated carbocycles. The molecule has 4 nitrogen and oxygen atoms in total. The van der Waals surface area contributed by atoms with Gasteiger partial charge >= 0.3 is 0 Å². The van der Waals surface area contributed by atoms with Crippen molar-refractivity contribution in [3.8, 4) is 0 Å². The molecule has 0 saturated heterocycles. The Labute approximate surface area is 140 Å². The van der Waals surface area contributed by atoms with Gasteiger partial charge in [0.2, 0.25) is 0 Å². The van der Waals surface area contributed by atoms with Crippen molar-refractivity contribution in [1.29, 1.82) is 0 Å². The van der Waals surface area contributed by atoms with Gasteiger partial charge in [-0.2, -0.15) is 0 Å². The first kappa shape index (κ1) is 15.7. The minimum absolute atomic E-state index is 0.654. The van der Waals surface area contributed by atoms with E-state index in [0.717, 1.165) is 23.3 Å². The van der Waals surface area contributed by atoms with Crippen molar-refractivity contribution in [2.24, 2.45) is 0 Å². The molecule has 0 unspecified atom stereocenters. The lowest BCUT2D eigenvalue weighted by molar-refractivity contribution is 0.134. The van der Waals surface area contributed by atoms with Crippen LogP contribution in [-0.2, 0) is 17.9 Å². The molecule has 0 aliphatic rings. The number of hydrogen-bond acceptors (Lipinski definition) is 4. The van der Waals surface area contributed by atoms with Crippen LogP contribution in [0.4, 0.5) is 5.82 Å². The Morgan fingerprint density at radius 3 is 2.61 bits per heavy atom. The quantitative estimate of drug-likeness (QED) is 0.727. The summed E-state index contributed by atoms with van der Waals surface area (Å²) in [6, 6.07) is 14.0. The Balaban J connectivity index is 1.71. The molecule has 0 fully saturated rings. The van der Waals surface area contributed by atoms with E-state index in [4.69, 9.17) is 16.3 Å². The Morgan fingerprint density at radius 2 is 1.83 bits per heavy atom. The maximum Gasteiger partial charge on any atom is 0.137 e. The Bertz CT molecular complexity index is 790. The van der Waals surface area contributed by atoms with Crippen molar-refractivity contribution in [3.05, 3.63) is 64.9 Å². The zero-order valence-corrected chi connectivity index (χ0v) is 13.7. The fourth-order valence-corrected chi connectivity index (χ4v) is 2.50. The highest BCUT2D eigenvalue weighted by molar-refractivity contribution is 6.31. The van der Waals surface area contributed by atoms with Crippen molar-refractivity contribution in [2.45, 2.75) is 20.1 Å². The van der Waals surface area contributed by atoms with Crippen molar-refractivity contribution in [2.75, 3.05) is 11.9 Å². The summed E-state index contributed by atoms with van der Waals surface area (Å²) in [5, 5.41) is 5.00. The van der Waals surface area contributed by atoms with E-state index in [1.807, 2.05) is 25.1 Å². The van der Waals surface area contributed by atoms with Gasteiger partial charge < -0.3 is 10.1 Å². The standard InChI is InChI=1S/C18H18ClN3O/c1-2-23-11-14-5-3-13(4-6-14)10-20-18-16-8-7-15(19)9-17(16)21-12-22-18/h3-9,12H,2,10-11H2,1H3,(H,20,21,22). The summed E-state index contributed by atoms with van der Waals surface area (Å²) in [5.74, 6) is 0.810. The summed E-state index contributed by atoms with van der Waals surface area (Å²) < 4.78 is 5.40. The molecule has 0 bridgehead atoms. The molecule has 0 aliphatic heterocycles. The SMILES string of the molecule is CCOCc1ccc(CNc2ncnc3cc(Cl)ccc23)cc1. The van der Waals surface area contributed by atoms with Crippen LogP contribution in [0.15, 0.2) is 48.8 Å². The molecule has 1 aromatic heterocycles. The van der Waals surface area contributed by atoms with Gasteiger partial charge in [0.1, 0.15) is 12.1 Å². The van der Waals surface area contributed by atoms with Crippen LogP contribution < -0.4 is 5.32 Å². The Kier molecular flexibility index (Phi) is 5.05. The molecule has 0 radical (unpaired) electrons. The van der Waals surface area contributed by atoms with Crippen LogP contribution in [-0.4, -0.2) is 16.6 Å². The van der Waals surface area contributed by atoms with Crippen LogP contribution in [0.1, 0.15) is 18.1 Å². The van der Waals surface area contributed by atoms with E-state index in [1.54, 1.807) is 6.33 Å². The average Bonchev–Trinajstić information content (AvgIpc) is 2.58. The Morgan fingerprint density at radius 1 is 1.04 bits per heavy atom. The third-order valence-corrected chi connectivity index (χ3v) is 3.79. The zero-order valence-electron chi connectivity index (χ0n) is 12.9. The fourth-order valence-electron chi connectivity index (χ4n) is 2.33. The van der Waals surface area contributed by atoms with Crippen molar-refractivity contribution >= 4 is 28.3 Å². The molecule has 23 heavy (non-hydrogen) atoms. The molecular formula is C18H18ClN3O. The smallest absolute Gasteiger partial charge is 0.137 e. The first-order valence-electron chi connectivity index (χ1n) is 7.56. The predicted octanol–water partition coefficient (Wildman–Crippen LogP) is 4.43. The summed E-state index contributed by atoms with van der Waals surface area (Å²) >= 11 is 6.00. The molecular weight excluding hydrogens is 310 g/mol. The lowest BCUT2D eigenvalue weighted by Crippen LogP contribution is -2.03. The minimum Gasteiger partial charge on any atom is -0.377 e. The number of fused-ring (bicyclic) bond motifs is 1. The molecule has 3 aromatic rings. The summed E-state index contributed by atoms with van der Waals surface area (Å²) in [6.07, 6.45) is 1.55. The molecule has 0 amide bonds. The van der Waals surface area contributed by atoms with E-state index < -0.39 is 0 Å². The predicted molar refractivity (Wildman–Crippen MR) is 93.6 cm³/mol. The van der Waals surface area contributed by atoms with Gasteiger partial charge in [0.25, 0.3) is 0 Å². The molecule has 118 valence electrons. The van der Waals surface area contributed by atoms with Crippen LogP contribution in [0.25, 0.3) is 10.9 Å². The third kappa shape index (κ3) is 3.97. The second-order valence-electron chi connectivity index (χ2n) is 5.19. The van der Waals surface area contributed by atoms with Crippen molar-refractivity contribution < 1.29 is 4.74 Å². The van der Waals surface area contributed by atoms with Gasteiger partial charge in [-0.25, -0.2) is 9.97 Å². The minimum atomic E-state index is 0.654. The molecule has 1 N–H and O–H groups in total. The molecule has 3 rings (SSSR count). The second kappa shape index (κ2) is 7.40. The van der Waals surface area contributed by atoms with Crippen molar-refractivity contribution in [3.63, 3.8) is 0 Å². The molecule has 0 spiro atoms. The van der Waals surface area contributed by atoms with Crippen LogP contribution in [0.5, 0.6) is 0 Å². The highest BCUT2D eigenvalue weighted by atomic mass is 35.5. The van der Waals surface area contributed by atoms with Gasteiger partial charge in [0, 0.05) is 23.6 Å². The van der Waals surface area contributed by atoms with E-state index in [-0.39, 0.29) is 0 Å². The number of nitrogens with one attached hydrogen (secondary N) is 1. The molecule has 0 atom stereocenters. The lowest BCUT2D eigenvalue weighted by atomic mass is 10.1. The number of hydrogen-bond donors (Lipinski definition) is 1. The van der Waals surface area contributed by atoms with Gasteiger partial charge in [-0.15, -0.1) is 0 Å². The van der Waals surface area contributed by atoms with E-state index in [2.05, 4.69) is 39.6 Å². The number of rotatable bonds is 6. The van der Waals surface area contributed by atoms with Crippen LogP contribution in [0.3, 0.4) is 0 Å². The topological polar surface area (TPSA) is 47.0 Å². The van der Waals surface area contributed by atoms with E-state index in [0.29, 0.717) is 18.2 Å². The third-order valence-electron chi connectivity index (χ3n) is 3.55. The van der Waals surface area contributed by atoms with Crippen LogP contribution >= 0.6 is 11.6 Å². The zero-order chi connectivity index (χ0) is 16.1. The number of benzene rings is 2. The maximum atomic E-state index is 6.00. The highest BCUT2D eigenvalue weighted by Crippen LogP contribution is 2.22. The molecule has 2 aromatic carbocycles. The summed E-state index contributed by atoms with van der Waals surface area (Å²) in [6.45, 7) is 4.08. The fraction of sp³-hybridized carbons (Fsp3) is 0.222. The van der Waals surface area contributed by atoms with Crippen molar-refractivity contribution in [1.82, 2.24) is 9.97 Å². The molecule has 0 aliphatic carbocycles. The number of halogens is 1. The van der Waals surface area contributed by atoms with Crippen LogP contribution in [0, 0.1) is 0 Å². The number of anilines is 1. The van der Waals surface area contributed by atoms with Crippen LogP contribution in [0.2, 0.25) is 5.02 Å². The average molecular weight is 328 g/mol. The Hall–Kier alpha value is -2.17. The monoisotopic (exact) mass is 327 g/mol. The molecule has 1 heterocycles. The van der Waals surface area contributed by atoms with Gasteiger partial charge in [0.15, 0.2) is 0 Å². The van der Waals surface area contributed by atoms with E-state index in [9.17, 15) is 0 Å². The first-order valence-corrected chi connectivity index (χ1v) is 7.94. The highest BCUT2D eigenvalue weighted by Gasteiger charge is 2.04. The van der Waals surface area contributed by atoms with E-state index in [1.165, 1.54) is 11.1 Å². The normalized spacial score (nSPS) is 10.9. The van der Waals surface area contributed by atoms with Gasteiger partial charge in [-0.1, -0.05) is 35.9 Å². The summed E-state index contributed by atoms with van der Waals surface area (Å²) in [7, 11) is 0. The summed E-state index contributed by atoms with van der Waals surface area (Å²) in [4.78, 5) is 8.57. The van der Waals surface area contributed by atoms with E-state index >= 15 is 0 Å². The number of aromatic nitrogens is 2. The lowest BCUT2D eigenvalue weighted by Gasteiger charge is -2.09. The summed E-state index contributed by atoms with van der Waals surface area (Å²) in [5.41, 5.74) is 3.20. The second-order valence-corrected chi connectivity index (χ2v) is 5.63. The number of nitrogens with zero attached hydrogens (tertiary/aromatic N) is 2. The molecule has 5 heteroatoms. The number of ether oxygens (including phenoxy) is 1.